The van der Waals surface area contributed by atoms with Crippen LogP contribution in [0.5, 0.6) is 0 Å². The number of nitrogen functional groups attached to an aromatic ring is 1. The van der Waals surface area contributed by atoms with Crippen LogP contribution in [-0.4, -0.2) is 23.7 Å². The zero-order valence-electron chi connectivity index (χ0n) is 27.5. The van der Waals surface area contributed by atoms with E-state index < -0.39 is 0 Å². The topological polar surface area (TPSA) is 111 Å². The SMILES string of the molecule is C=C1/C=C\C(c2ccc(N=C(C(=C)c3cccc(C#N)c3)c3ccccc3)c(N)c2)=C/CN=C([C@H]2C=CC=CC2)C(c2cccc(C#N)c2)=N1. The van der Waals surface area contributed by atoms with E-state index in [0.29, 0.717) is 51.7 Å². The molecule has 1 aliphatic carbocycles. The summed E-state index contributed by atoms with van der Waals surface area (Å²) in [4.78, 5) is 15.1. The Labute approximate surface area is 293 Å². The highest BCUT2D eigenvalue weighted by molar-refractivity contribution is 6.49. The van der Waals surface area contributed by atoms with E-state index in [1.54, 1.807) is 12.1 Å². The van der Waals surface area contributed by atoms with E-state index in [1.807, 2.05) is 109 Å². The molecule has 240 valence electrons. The number of nitriles is 2. The highest BCUT2D eigenvalue weighted by Crippen LogP contribution is 2.31. The second-order valence-corrected chi connectivity index (χ2v) is 11.8. The molecular formula is C44H34N6. The van der Waals surface area contributed by atoms with Crippen LogP contribution in [0.25, 0.3) is 11.1 Å². The number of anilines is 1. The fourth-order valence-electron chi connectivity index (χ4n) is 5.82. The third-order valence-corrected chi connectivity index (χ3v) is 8.39. The van der Waals surface area contributed by atoms with Crippen molar-refractivity contribution in [2.45, 2.75) is 6.42 Å². The number of nitrogens with two attached hydrogens (primary N) is 1. The molecule has 4 aromatic rings. The minimum absolute atomic E-state index is 0.0290. The van der Waals surface area contributed by atoms with Crippen LogP contribution in [0.2, 0.25) is 0 Å². The van der Waals surface area contributed by atoms with E-state index in [9.17, 15) is 10.5 Å². The Morgan fingerprint density at radius 1 is 0.820 bits per heavy atom. The fourth-order valence-corrected chi connectivity index (χ4v) is 5.82. The number of aliphatic imine (C=N–C) groups is 3. The molecule has 6 heteroatoms. The average molecular weight is 647 g/mol. The lowest BCUT2D eigenvalue weighted by Crippen LogP contribution is -2.25. The summed E-state index contributed by atoms with van der Waals surface area (Å²) in [5.41, 5.74) is 16.7. The molecular weight excluding hydrogens is 613 g/mol. The van der Waals surface area contributed by atoms with Gasteiger partial charge in [0, 0.05) is 22.6 Å². The number of rotatable bonds is 7. The first-order chi connectivity index (χ1) is 24.4. The summed E-state index contributed by atoms with van der Waals surface area (Å²) in [6.45, 7) is 9.00. The largest absolute Gasteiger partial charge is 0.397 e. The maximum atomic E-state index is 9.56. The average Bonchev–Trinajstić information content (AvgIpc) is 3.17. The van der Waals surface area contributed by atoms with Crippen LogP contribution in [0.3, 0.4) is 0 Å². The molecule has 0 unspecified atom stereocenters. The van der Waals surface area contributed by atoms with Crippen LogP contribution < -0.4 is 5.73 Å². The molecule has 0 saturated heterocycles. The van der Waals surface area contributed by atoms with Gasteiger partial charge >= 0.3 is 0 Å². The summed E-state index contributed by atoms with van der Waals surface area (Å²) >= 11 is 0. The van der Waals surface area contributed by atoms with Gasteiger partial charge in [0.25, 0.3) is 0 Å². The Hall–Kier alpha value is -6.89. The Morgan fingerprint density at radius 3 is 2.32 bits per heavy atom. The summed E-state index contributed by atoms with van der Waals surface area (Å²) in [5, 5.41) is 19.0. The molecule has 0 fully saturated rings. The second kappa shape index (κ2) is 15.3. The van der Waals surface area contributed by atoms with Gasteiger partial charge in [0.1, 0.15) is 0 Å². The molecule has 4 aromatic carbocycles. The molecule has 1 atom stereocenters. The van der Waals surface area contributed by atoms with Gasteiger partial charge in [-0.15, -0.1) is 0 Å². The van der Waals surface area contributed by atoms with E-state index in [-0.39, 0.29) is 5.92 Å². The molecule has 0 saturated carbocycles. The van der Waals surface area contributed by atoms with Crippen LogP contribution in [0.1, 0.15) is 39.8 Å². The Bertz CT molecular complexity index is 2280. The van der Waals surface area contributed by atoms with Gasteiger partial charge in [-0.2, -0.15) is 10.5 Å². The lowest BCUT2D eigenvalue weighted by molar-refractivity contribution is 0.870. The number of nitrogens with zero attached hydrogens (tertiary/aromatic N) is 5. The molecule has 0 spiro atoms. The first-order valence-electron chi connectivity index (χ1n) is 16.2. The van der Waals surface area contributed by atoms with Gasteiger partial charge in [0.2, 0.25) is 0 Å². The van der Waals surface area contributed by atoms with E-state index in [0.717, 1.165) is 40.0 Å². The smallest absolute Gasteiger partial charge is 0.0991 e. The van der Waals surface area contributed by atoms with Gasteiger partial charge in [-0.3, -0.25) is 4.99 Å². The van der Waals surface area contributed by atoms with Crippen molar-refractivity contribution in [1.29, 1.82) is 10.5 Å². The highest BCUT2D eigenvalue weighted by Gasteiger charge is 2.22. The standard InChI is InChI=1S/C44H34N6/c1-30-19-20-34(23-24-48-43(36-15-7-4-8-16-36)44(49-30)39-18-10-12-33(26-39)29-46)38-21-22-41(40(47)27-38)50-42(35-13-5-3-6-14-35)31(2)37-17-9-11-32(25-37)28-45/h3-15,17-23,25-27,36H,1-2,16,24,47H2/b20-19-,34-23+,48-43?,49-44?,50-42?/t36-/m0/s1. The quantitative estimate of drug-likeness (QED) is 0.159. The highest BCUT2D eigenvalue weighted by atomic mass is 14.8. The lowest BCUT2D eigenvalue weighted by Gasteiger charge is -2.19. The van der Waals surface area contributed by atoms with Crippen LogP contribution in [-0.2, 0) is 0 Å². The summed E-state index contributed by atoms with van der Waals surface area (Å²) < 4.78 is 0. The van der Waals surface area contributed by atoms with Crippen LogP contribution in [0, 0.1) is 28.6 Å². The van der Waals surface area contributed by atoms with Crippen LogP contribution in [0.4, 0.5) is 11.4 Å². The fraction of sp³-hybridized carbons (Fsp3) is 0.0682. The molecule has 2 N–H and O–H groups in total. The molecule has 0 bridgehead atoms. The number of allylic oxidation sites excluding steroid dienone is 8. The third kappa shape index (κ3) is 7.63. The van der Waals surface area contributed by atoms with Gasteiger partial charge in [-0.25, -0.2) is 9.98 Å². The van der Waals surface area contributed by atoms with Crippen LogP contribution >= 0.6 is 0 Å². The van der Waals surface area contributed by atoms with Crippen LogP contribution in [0.15, 0.2) is 173 Å². The molecule has 0 amide bonds. The minimum atomic E-state index is 0.0290. The summed E-state index contributed by atoms with van der Waals surface area (Å²) in [5.74, 6) is 0.0290. The predicted molar refractivity (Wildman–Crippen MR) is 206 cm³/mol. The van der Waals surface area contributed by atoms with E-state index in [1.165, 1.54) is 0 Å². The Morgan fingerprint density at radius 2 is 1.58 bits per heavy atom. The van der Waals surface area contributed by atoms with Crippen molar-refractivity contribution in [3.63, 3.8) is 0 Å². The van der Waals surface area contributed by atoms with Gasteiger partial charge in [-0.1, -0.05) is 110 Å². The summed E-state index contributed by atoms with van der Waals surface area (Å²) in [7, 11) is 0. The maximum absolute atomic E-state index is 9.56. The van der Waals surface area contributed by atoms with E-state index in [2.05, 4.69) is 43.5 Å². The zero-order chi connectivity index (χ0) is 34.9. The van der Waals surface area contributed by atoms with Gasteiger partial charge in [0.05, 0.1) is 64.0 Å². The van der Waals surface area contributed by atoms with E-state index in [4.69, 9.17) is 20.7 Å². The molecule has 1 aliphatic heterocycles. The first-order valence-corrected chi connectivity index (χ1v) is 16.2. The summed E-state index contributed by atoms with van der Waals surface area (Å²) in [6.07, 6.45) is 15.0. The molecule has 6 nitrogen and oxygen atoms in total. The summed E-state index contributed by atoms with van der Waals surface area (Å²) in [6, 6.07) is 34.8. The van der Waals surface area contributed by atoms with Crippen molar-refractivity contribution >= 4 is 39.7 Å². The molecule has 2 aliphatic rings. The number of hydrogen-bond donors (Lipinski definition) is 1. The van der Waals surface area contributed by atoms with Crippen molar-refractivity contribution in [3.8, 4) is 12.1 Å². The molecule has 1 heterocycles. The minimum Gasteiger partial charge on any atom is -0.397 e. The van der Waals surface area contributed by atoms with Gasteiger partial charge in [0.15, 0.2) is 0 Å². The number of hydrogen-bond acceptors (Lipinski definition) is 6. The molecule has 50 heavy (non-hydrogen) atoms. The number of benzene rings is 4. The normalized spacial score (nSPS) is 17.7. The van der Waals surface area contributed by atoms with Gasteiger partial charge in [-0.05, 0) is 65.6 Å². The lowest BCUT2D eigenvalue weighted by atomic mass is 9.89. The Balaban J connectivity index is 1.36. The van der Waals surface area contributed by atoms with Crippen molar-refractivity contribution < 1.29 is 0 Å². The van der Waals surface area contributed by atoms with Crippen molar-refractivity contribution in [1.82, 2.24) is 0 Å². The van der Waals surface area contributed by atoms with Gasteiger partial charge < -0.3 is 5.73 Å². The molecule has 0 aromatic heterocycles. The first kappa shape index (κ1) is 33.0. The molecule has 0 radical (unpaired) electrons. The molecule has 6 rings (SSSR count). The van der Waals surface area contributed by atoms with Crippen molar-refractivity contribution in [3.05, 3.63) is 192 Å². The zero-order valence-corrected chi connectivity index (χ0v) is 27.5. The van der Waals surface area contributed by atoms with E-state index >= 15 is 0 Å². The van der Waals surface area contributed by atoms with Crippen molar-refractivity contribution in [2.24, 2.45) is 20.9 Å². The van der Waals surface area contributed by atoms with Crippen molar-refractivity contribution in [2.75, 3.05) is 12.3 Å². The monoisotopic (exact) mass is 646 g/mol. The third-order valence-electron chi connectivity index (χ3n) is 8.39. The second-order valence-electron chi connectivity index (χ2n) is 11.8. The Kier molecular flexibility index (Phi) is 10.1. The predicted octanol–water partition coefficient (Wildman–Crippen LogP) is 9.38. The maximum Gasteiger partial charge on any atom is 0.0991 e.